The highest BCUT2D eigenvalue weighted by atomic mass is 14.6. The number of nitrogens with two attached hydrogens (primary N) is 1. The zero-order valence-corrected chi connectivity index (χ0v) is 11.7. The molecule has 17 heavy (non-hydrogen) atoms. The van der Waals surface area contributed by atoms with Crippen LogP contribution in [0.15, 0.2) is 24.3 Å². The lowest BCUT2D eigenvalue weighted by Crippen LogP contribution is -2.15. The van der Waals surface area contributed by atoms with E-state index in [4.69, 9.17) is 5.73 Å². The summed E-state index contributed by atoms with van der Waals surface area (Å²) in [5, 5.41) is 0. The van der Waals surface area contributed by atoms with Crippen LogP contribution in [0.25, 0.3) is 0 Å². The SMILES string of the molecule is CCC(CC)CC(N)c1ccc(C(C)C)cc1. The molecule has 1 heteroatoms. The summed E-state index contributed by atoms with van der Waals surface area (Å²) in [6.45, 7) is 8.95. The second kappa shape index (κ2) is 6.80. The van der Waals surface area contributed by atoms with Gasteiger partial charge in [-0.25, -0.2) is 0 Å². The van der Waals surface area contributed by atoms with Crippen LogP contribution in [0.2, 0.25) is 0 Å². The van der Waals surface area contributed by atoms with Gasteiger partial charge in [-0.2, -0.15) is 0 Å². The van der Waals surface area contributed by atoms with Gasteiger partial charge in [-0.15, -0.1) is 0 Å². The van der Waals surface area contributed by atoms with E-state index in [2.05, 4.69) is 52.0 Å². The molecule has 0 saturated carbocycles. The van der Waals surface area contributed by atoms with Gasteiger partial charge in [-0.3, -0.25) is 0 Å². The van der Waals surface area contributed by atoms with E-state index in [0.717, 1.165) is 12.3 Å². The van der Waals surface area contributed by atoms with E-state index in [0.29, 0.717) is 5.92 Å². The summed E-state index contributed by atoms with van der Waals surface area (Å²) in [5.41, 5.74) is 8.94. The van der Waals surface area contributed by atoms with Crippen molar-refractivity contribution in [2.24, 2.45) is 11.7 Å². The summed E-state index contributed by atoms with van der Waals surface area (Å²) in [7, 11) is 0. The van der Waals surface area contributed by atoms with Gasteiger partial charge in [0.05, 0.1) is 0 Å². The van der Waals surface area contributed by atoms with E-state index < -0.39 is 0 Å². The molecule has 1 unspecified atom stereocenters. The van der Waals surface area contributed by atoms with Crippen molar-refractivity contribution < 1.29 is 0 Å². The summed E-state index contributed by atoms with van der Waals surface area (Å²) in [6, 6.07) is 9.02. The van der Waals surface area contributed by atoms with Crippen LogP contribution < -0.4 is 5.73 Å². The Balaban J connectivity index is 2.66. The Hall–Kier alpha value is -0.820. The maximum atomic E-state index is 6.27. The van der Waals surface area contributed by atoms with Gasteiger partial charge in [0.15, 0.2) is 0 Å². The average molecular weight is 233 g/mol. The van der Waals surface area contributed by atoms with Gasteiger partial charge in [-0.1, -0.05) is 64.8 Å². The lowest BCUT2D eigenvalue weighted by Gasteiger charge is -2.19. The zero-order chi connectivity index (χ0) is 12.8. The molecule has 0 aliphatic carbocycles. The fourth-order valence-electron chi connectivity index (χ4n) is 2.25. The van der Waals surface area contributed by atoms with E-state index >= 15 is 0 Å². The first-order valence-electron chi connectivity index (χ1n) is 6.93. The third-order valence-corrected chi connectivity index (χ3v) is 3.77. The highest BCUT2D eigenvalue weighted by Gasteiger charge is 2.12. The van der Waals surface area contributed by atoms with Gasteiger partial charge in [0.25, 0.3) is 0 Å². The van der Waals surface area contributed by atoms with Crippen molar-refractivity contribution in [2.45, 2.75) is 58.9 Å². The van der Waals surface area contributed by atoms with Gasteiger partial charge < -0.3 is 5.73 Å². The van der Waals surface area contributed by atoms with Gasteiger partial charge in [0.1, 0.15) is 0 Å². The normalized spacial score (nSPS) is 13.4. The first-order chi connectivity index (χ1) is 8.08. The van der Waals surface area contributed by atoms with Gasteiger partial charge >= 0.3 is 0 Å². The third kappa shape index (κ3) is 4.16. The largest absolute Gasteiger partial charge is 0.324 e. The number of rotatable bonds is 6. The van der Waals surface area contributed by atoms with Crippen LogP contribution in [-0.2, 0) is 0 Å². The van der Waals surface area contributed by atoms with Crippen molar-refractivity contribution in [2.75, 3.05) is 0 Å². The van der Waals surface area contributed by atoms with Crippen LogP contribution in [0.5, 0.6) is 0 Å². The first-order valence-corrected chi connectivity index (χ1v) is 6.93. The molecule has 0 aliphatic rings. The van der Waals surface area contributed by atoms with Crippen molar-refractivity contribution in [3.8, 4) is 0 Å². The minimum absolute atomic E-state index is 0.195. The van der Waals surface area contributed by atoms with Crippen molar-refractivity contribution in [3.63, 3.8) is 0 Å². The van der Waals surface area contributed by atoms with Crippen molar-refractivity contribution in [3.05, 3.63) is 35.4 Å². The summed E-state index contributed by atoms with van der Waals surface area (Å²) in [4.78, 5) is 0. The fourth-order valence-corrected chi connectivity index (χ4v) is 2.25. The molecule has 0 amide bonds. The van der Waals surface area contributed by atoms with E-state index in [1.165, 1.54) is 24.0 Å². The molecule has 0 aromatic heterocycles. The average Bonchev–Trinajstić information content (AvgIpc) is 2.35. The van der Waals surface area contributed by atoms with E-state index in [1.54, 1.807) is 0 Å². The Morgan fingerprint density at radius 1 is 0.941 bits per heavy atom. The van der Waals surface area contributed by atoms with Crippen molar-refractivity contribution in [1.82, 2.24) is 0 Å². The second-order valence-corrected chi connectivity index (χ2v) is 5.35. The zero-order valence-electron chi connectivity index (χ0n) is 11.7. The number of hydrogen-bond acceptors (Lipinski definition) is 1. The predicted octanol–water partition coefficient (Wildman–Crippen LogP) is 4.64. The Bertz CT molecular complexity index is 309. The standard InChI is InChI=1S/C16H27N/c1-5-13(6-2)11-16(17)15-9-7-14(8-10-15)12(3)4/h7-10,12-13,16H,5-6,11,17H2,1-4H3. The summed E-state index contributed by atoms with van der Waals surface area (Å²) in [6.07, 6.45) is 3.57. The maximum absolute atomic E-state index is 6.27. The summed E-state index contributed by atoms with van der Waals surface area (Å²) < 4.78 is 0. The molecule has 0 spiro atoms. The summed E-state index contributed by atoms with van der Waals surface area (Å²) >= 11 is 0. The number of benzene rings is 1. The topological polar surface area (TPSA) is 26.0 Å². The predicted molar refractivity (Wildman–Crippen MR) is 76.1 cm³/mol. The Kier molecular flexibility index (Phi) is 5.70. The summed E-state index contributed by atoms with van der Waals surface area (Å²) in [5.74, 6) is 1.36. The molecular formula is C16H27N. The van der Waals surface area contributed by atoms with Gasteiger partial charge in [0.2, 0.25) is 0 Å². The fraction of sp³-hybridized carbons (Fsp3) is 0.625. The van der Waals surface area contributed by atoms with Crippen LogP contribution in [0, 0.1) is 5.92 Å². The molecule has 0 bridgehead atoms. The van der Waals surface area contributed by atoms with Gasteiger partial charge in [0, 0.05) is 6.04 Å². The molecule has 1 aromatic carbocycles. The molecule has 0 saturated heterocycles. The molecule has 1 nitrogen and oxygen atoms in total. The van der Waals surface area contributed by atoms with Crippen molar-refractivity contribution >= 4 is 0 Å². The molecule has 0 heterocycles. The Labute approximate surface area is 106 Å². The first kappa shape index (κ1) is 14.2. The molecule has 96 valence electrons. The Morgan fingerprint density at radius 3 is 1.82 bits per heavy atom. The minimum atomic E-state index is 0.195. The smallest absolute Gasteiger partial charge is 0.0297 e. The van der Waals surface area contributed by atoms with Crippen LogP contribution in [0.1, 0.15) is 70.0 Å². The minimum Gasteiger partial charge on any atom is -0.324 e. The molecular weight excluding hydrogens is 206 g/mol. The van der Waals surface area contributed by atoms with Crippen LogP contribution in [0.3, 0.4) is 0 Å². The van der Waals surface area contributed by atoms with E-state index in [1.807, 2.05) is 0 Å². The molecule has 0 aliphatic heterocycles. The second-order valence-electron chi connectivity index (χ2n) is 5.35. The molecule has 1 aromatic rings. The lowest BCUT2D eigenvalue weighted by atomic mass is 9.91. The molecule has 0 radical (unpaired) electrons. The Morgan fingerprint density at radius 2 is 1.41 bits per heavy atom. The monoisotopic (exact) mass is 233 g/mol. The number of hydrogen-bond donors (Lipinski definition) is 1. The highest BCUT2D eigenvalue weighted by molar-refractivity contribution is 5.26. The van der Waals surface area contributed by atoms with Crippen molar-refractivity contribution in [1.29, 1.82) is 0 Å². The van der Waals surface area contributed by atoms with Crippen LogP contribution in [0.4, 0.5) is 0 Å². The quantitative estimate of drug-likeness (QED) is 0.761. The van der Waals surface area contributed by atoms with Crippen LogP contribution in [-0.4, -0.2) is 0 Å². The molecule has 1 atom stereocenters. The van der Waals surface area contributed by atoms with E-state index in [9.17, 15) is 0 Å². The lowest BCUT2D eigenvalue weighted by molar-refractivity contribution is 0.414. The third-order valence-electron chi connectivity index (χ3n) is 3.77. The highest BCUT2D eigenvalue weighted by Crippen LogP contribution is 2.24. The van der Waals surface area contributed by atoms with E-state index in [-0.39, 0.29) is 6.04 Å². The molecule has 2 N–H and O–H groups in total. The van der Waals surface area contributed by atoms with Gasteiger partial charge in [-0.05, 0) is 29.4 Å². The molecule has 1 rings (SSSR count). The molecule has 0 fully saturated rings. The maximum Gasteiger partial charge on any atom is 0.0297 e. The van der Waals surface area contributed by atoms with Crippen LogP contribution >= 0.6 is 0 Å².